The third kappa shape index (κ3) is 2.86. The summed E-state index contributed by atoms with van der Waals surface area (Å²) in [5, 5.41) is 0. The number of rotatable bonds is 3. The number of nitrogens with two attached hydrogens (primary N) is 1. The third-order valence-corrected chi connectivity index (χ3v) is 4.81. The Morgan fingerprint density at radius 2 is 1.70 bits per heavy atom. The van der Waals surface area contributed by atoms with Crippen LogP contribution >= 0.6 is 0 Å². The van der Waals surface area contributed by atoms with E-state index in [1.807, 2.05) is 6.92 Å². The van der Waals surface area contributed by atoms with Crippen LogP contribution in [0.4, 0.5) is 0 Å². The molecular formula is C17H21N3O3. The highest BCUT2D eigenvalue weighted by Crippen LogP contribution is 2.23. The molecule has 2 aliphatic heterocycles. The summed E-state index contributed by atoms with van der Waals surface area (Å²) in [7, 11) is 0. The summed E-state index contributed by atoms with van der Waals surface area (Å²) in [5.74, 6) is -0.519. The largest absolute Gasteiger partial charge is 0.341 e. The molecule has 0 aliphatic carbocycles. The second-order valence-corrected chi connectivity index (χ2v) is 6.32. The van der Waals surface area contributed by atoms with Gasteiger partial charge in [0.1, 0.15) is 6.54 Å². The molecule has 2 N–H and O–H groups in total. The van der Waals surface area contributed by atoms with E-state index < -0.39 is 0 Å². The Kier molecular flexibility index (Phi) is 4.17. The van der Waals surface area contributed by atoms with Crippen LogP contribution in [0.3, 0.4) is 0 Å². The van der Waals surface area contributed by atoms with E-state index in [-0.39, 0.29) is 30.3 Å². The monoisotopic (exact) mass is 315 g/mol. The van der Waals surface area contributed by atoms with Crippen LogP contribution in [-0.4, -0.2) is 53.2 Å². The molecule has 6 nitrogen and oxygen atoms in total. The number of carbonyl (C=O) groups is 3. The molecule has 1 saturated heterocycles. The first-order valence-corrected chi connectivity index (χ1v) is 7.97. The zero-order chi connectivity index (χ0) is 16.6. The van der Waals surface area contributed by atoms with Gasteiger partial charge < -0.3 is 10.6 Å². The van der Waals surface area contributed by atoms with Crippen molar-refractivity contribution in [2.45, 2.75) is 25.8 Å². The van der Waals surface area contributed by atoms with E-state index >= 15 is 0 Å². The number of nitrogens with zero attached hydrogens (tertiary/aromatic N) is 2. The Balaban J connectivity index is 1.64. The summed E-state index contributed by atoms with van der Waals surface area (Å²) in [4.78, 5) is 39.8. The molecule has 122 valence electrons. The van der Waals surface area contributed by atoms with Gasteiger partial charge in [0, 0.05) is 19.1 Å². The molecule has 2 aliphatic rings. The van der Waals surface area contributed by atoms with Gasteiger partial charge in [0.05, 0.1) is 11.1 Å². The lowest BCUT2D eigenvalue weighted by Gasteiger charge is -2.34. The molecule has 1 atom stereocenters. The molecule has 1 aromatic carbocycles. The smallest absolute Gasteiger partial charge is 0.262 e. The van der Waals surface area contributed by atoms with Gasteiger partial charge in [-0.3, -0.25) is 19.3 Å². The summed E-state index contributed by atoms with van der Waals surface area (Å²) in [6.45, 7) is 3.07. The van der Waals surface area contributed by atoms with Crippen molar-refractivity contribution >= 4 is 17.7 Å². The van der Waals surface area contributed by atoms with Crippen LogP contribution in [0, 0.1) is 5.92 Å². The standard InChI is InChI=1S/C17H21N3O3/c1-11(18)12-6-8-19(9-7-12)15(21)10-20-16(22)13-4-2-3-5-14(13)17(20)23/h2-5,11-12H,6-10,18H2,1H3. The van der Waals surface area contributed by atoms with Gasteiger partial charge >= 0.3 is 0 Å². The maximum atomic E-state index is 12.4. The number of amides is 3. The summed E-state index contributed by atoms with van der Waals surface area (Å²) < 4.78 is 0. The molecule has 2 heterocycles. The number of carbonyl (C=O) groups excluding carboxylic acids is 3. The average molecular weight is 315 g/mol. The van der Waals surface area contributed by atoms with E-state index in [1.54, 1.807) is 29.2 Å². The summed E-state index contributed by atoms with van der Waals surface area (Å²) in [6.07, 6.45) is 1.73. The highest BCUT2D eigenvalue weighted by Gasteiger charge is 2.37. The van der Waals surface area contributed by atoms with Crippen molar-refractivity contribution in [3.63, 3.8) is 0 Å². The Hall–Kier alpha value is -2.21. The van der Waals surface area contributed by atoms with Gasteiger partial charge in [-0.2, -0.15) is 0 Å². The topological polar surface area (TPSA) is 83.7 Å². The Labute approximate surface area is 135 Å². The highest BCUT2D eigenvalue weighted by molar-refractivity contribution is 6.22. The number of hydrogen-bond donors (Lipinski definition) is 1. The van der Waals surface area contributed by atoms with E-state index in [1.165, 1.54) is 0 Å². The van der Waals surface area contributed by atoms with Crippen molar-refractivity contribution in [3.05, 3.63) is 35.4 Å². The van der Waals surface area contributed by atoms with Crippen molar-refractivity contribution in [2.75, 3.05) is 19.6 Å². The fraction of sp³-hybridized carbons (Fsp3) is 0.471. The van der Waals surface area contributed by atoms with Crippen molar-refractivity contribution < 1.29 is 14.4 Å². The molecular weight excluding hydrogens is 294 g/mol. The van der Waals surface area contributed by atoms with E-state index in [0.717, 1.165) is 17.7 Å². The number of likely N-dealkylation sites (tertiary alicyclic amines) is 1. The minimum Gasteiger partial charge on any atom is -0.341 e. The van der Waals surface area contributed by atoms with Crippen LogP contribution in [-0.2, 0) is 4.79 Å². The molecule has 0 radical (unpaired) electrons. The van der Waals surface area contributed by atoms with Gasteiger partial charge in [0.25, 0.3) is 11.8 Å². The fourth-order valence-corrected chi connectivity index (χ4v) is 3.29. The molecule has 3 rings (SSSR count). The first kappa shape index (κ1) is 15.7. The van der Waals surface area contributed by atoms with Crippen LogP contribution in [0.1, 0.15) is 40.5 Å². The number of hydrogen-bond acceptors (Lipinski definition) is 4. The first-order chi connectivity index (χ1) is 11.0. The molecule has 6 heteroatoms. The van der Waals surface area contributed by atoms with Crippen LogP contribution in [0.15, 0.2) is 24.3 Å². The van der Waals surface area contributed by atoms with Crippen molar-refractivity contribution in [3.8, 4) is 0 Å². The van der Waals surface area contributed by atoms with Crippen molar-refractivity contribution in [2.24, 2.45) is 11.7 Å². The quantitative estimate of drug-likeness (QED) is 0.839. The fourth-order valence-electron chi connectivity index (χ4n) is 3.29. The SMILES string of the molecule is CC(N)C1CCN(C(=O)CN2C(=O)c3ccccc3C2=O)CC1. The molecule has 0 spiro atoms. The third-order valence-electron chi connectivity index (χ3n) is 4.81. The molecule has 23 heavy (non-hydrogen) atoms. The zero-order valence-electron chi connectivity index (χ0n) is 13.2. The van der Waals surface area contributed by atoms with E-state index in [0.29, 0.717) is 30.1 Å². The number of fused-ring (bicyclic) bond motifs is 1. The van der Waals surface area contributed by atoms with Gasteiger partial charge in [-0.1, -0.05) is 12.1 Å². The van der Waals surface area contributed by atoms with Crippen LogP contribution in [0.25, 0.3) is 0 Å². The van der Waals surface area contributed by atoms with Crippen LogP contribution in [0.2, 0.25) is 0 Å². The maximum absolute atomic E-state index is 12.4. The number of imide groups is 1. The molecule has 1 aromatic rings. The normalized spacial score (nSPS) is 19.9. The van der Waals surface area contributed by atoms with Crippen LogP contribution in [0.5, 0.6) is 0 Å². The number of benzene rings is 1. The van der Waals surface area contributed by atoms with Gasteiger partial charge in [-0.15, -0.1) is 0 Å². The number of piperidine rings is 1. The predicted octanol–water partition coefficient (Wildman–Crippen LogP) is 0.868. The highest BCUT2D eigenvalue weighted by atomic mass is 16.2. The molecule has 1 fully saturated rings. The predicted molar refractivity (Wildman–Crippen MR) is 84.8 cm³/mol. The van der Waals surface area contributed by atoms with Crippen molar-refractivity contribution in [1.82, 2.24) is 9.80 Å². The molecule has 3 amide bonds. The lowest BCUT2D eigenvalue weighted by atomic mass is 9.91. The lowest BCUT2D eigenvalue weighted by molar-refractivity contribution is -0.132. The second kappa shape index (κ2) is 6.12. The van der Waals surface area contributed by atoms with Gasteiger partial charge in [-0.25, -0.2) is 0 Å². The van der Waals surface area contributed by atoms with Crippen molar-refractivity contribution in [1.29, 1.82) is 0 Å². The zero-order valence-corrected chi connectivity index (χ0v) is 13.2. The van der Waals surface area contributed by atoms with Gasteiger partial charge in [0.15, 0.2) is 0 Å². The Morgan fingerprint density at radius 3 is 2.17 bits per heavy atom. The molecule has 0 saturated carbocycles. The molecule has 0 bridgehead atoms. The Morgan fingerprint density at radius 1 is 1.17 bits per heavy atom. The molecule has 0 aromatic heterocycles. The van der Waals surface area contributed by atoms with Gasteiger partial charge in [-0.05, 0) is 37.8 Å². The lowest BCUT2D eigenvalue weighted by Crippen LogP contribution is -2.47. The maximum Gasteiger partial charge on any atom is 0.262 e. The second-order valence-electron chi connectivity index (χ2n) is 6.32. The molecule has 1 unspecified atom stereocenters. The first-order valence-electron chi connectivity index (χ1n) is 7.97. The van der Waals surface area contributed by atoms with E-state index in [2.05, 4.69) is 0 Å². The van der Waals surface area contributed by atoms with Gasteiger partial charge in [0.2, 0.25) is 5.91 Å². The van der Waals surface area contributed by atoms with E-state index in [9.17, 15) is 14.4 Å². The average Bonchev–Trinajstić information content (AvgIpc) is 2.80. The Bertz CT molecular complexity index is 613. The minimum atomic E-state index is -0.385. The van der Waals surface area contributed by atoms with Crippen LogP contribution < -0.4 is 5.73 Å². The van der Waals surface area contributed by atoms with E-state index in [4.69, 9.17) is 5.73 Å². The summed E-state index contributed by atoms with van der Waals surface area (Å²) in [6, 6.07) is 6.80. The minimum absolute atomic E-state index is 0.128. The summed E-state index contributed by atoms with van der Waals surface area (Å²) in [5.41, 5.74) is 6.66. The summed E-state index contributed by atoms with van der Waals surface area (Å²) >= 11 is 0.